The number of nitrogens with zero attached hydrogens (tertiary/aromatic N) is 2. The molecule has 3 N–H and O–H groups in total. The van der Waals surface area contributed by atoms with Crippen molar-refractivity contribution in [1.29, 1.82) is 0 Å². The van der Waals surface area contributed by atoms with E-state index in [2.05, 4.69) is 34.4 Å². The molecule has 1 aromatic rings. The van der Waals surface area contributed by atoms with Crippen LogP contribution in [-0.2, 0) is 0 Å². The summed E-state index contributed by atoms with van der Waals surface area (Å²) in [6.45, 7) is 7.85. The van der Waals surface area contributed by atoms with Crippen LogP contribution in [0.5, 0.6) is 0 Å². The van der Waals surface area contributed by atoms with Crippen LogP contribution in [0, 0.1) is 12.8 Å². The average molecular weight is 252 g/mol. The van der Waals surface area contributed by atoms with Gasteiger partial charge in [-0.3, -0.25) is 0 Å². The van der Waals surface area contributed by atoms with Gasteiger partial charge in [0.2, 0.25) is 0 Å². The second-order valence-corrected chi connectivity index (χ2v) is 4.80. The summed E-state index contributed by atoms with van der Waals surface area (Å²) in [7, 11) is 0. The zero-order valence-electron chi connectivity index (χ0n) is 11.5. The lowest BCUT2D eigenvalue weighted by molar-refractivity contribution is 0.311. The third kappa shape index (κ3) is 5.82. The van der Waals surface area contributed by atoms with E-state index in [1.807, 2.05) is 13.0 Å². The molecule has 0 amide bonds. The molecule has 1 heterocycles. The molecule has 0 aliphatic rings. The predicted octanol–water partition coefficient (Wildman–Crippen LogP) is 2.04. The van der Waals surface area contributed by atoms with E-state index in [4.69, 9.17) is 5.11 Å². The molecule has 0 aliphatic carbocycles. The largest absolute Gasteiger partial charge is 0.395 e. The Labute approximate surface area is 109 Å². The quantitative estimate of drug-likeness (QED) is 0.618. The summed E-state index contributed by atoms with van der Waals surface area (Å²) in [5, 5.41) is 15.1. The van der Waals surface area contributed by atoms with Gasteiger partial charge in [-0.05, 0) is 25.7 Å². The maximum atomic E-state index is 8.77. The van der Waals surface area contributed by atoms with Crippen molar-refractivity contribution in [3.63, 3.8) is 0 Å². The molecule has 5 nitrogen and oxygen atoms in total. The predicted molar refractivity (Wildman–Crippen MR) is 74.9 cm³/mol. The topological polar surface area (TPSA) is 70.1 Å². The highest BCUT2D eigenvalue weighted by Gasteiger charge is 2.01. The summed E-state index contributed by atoms with van der Waals surface area (Å²) in [4.78, 5) is 8.59. The van der Waals surface area contributed by atoms with Crippen molar-refractivity contribution in [3.8, 4) is 0 Å². The van der Waals surface area contributed by atoms with E-state index < -0.39 is 0 Å². The molecule has 0 bridgehead atoms. The number of aliphatic hydroxyl groups is 1. The van der Waals surface area contributed by atoms with Crippen LogP contribution in [0.2, 0.25) is 0 Å². The highest BCUT2D eigenvalue weighted by atomic mass is 16.3. The van der Waals surface area contributed by atoms with Crippen LogP contribution in [0.15, 0.2) is 6.07 Å². The molecule has 0 fully saturated rings. The van der Waals surface area contributed by atoms with Crippen molar-refractivity contribution in [2.24, 2.45) is 5.92 Å². The summed E-state index contributed by atoms with van der Waals surface area (Å²) >= 11 is 0. The molecule has 0 saturated heterocycles. The molecule has 0 aromatic carbocycles. The molecular weight excluding hydrogens is 228 g/mol. The van der Waals surface area contributed by atoms with Gasteiger partial charge in [-0.25, -0.2) is 9.97 Å². The van der Waals surface area contributed by atoms with Crippen LogP contribution in [0.4, 0.5) is 11.6 Å². The van der Waals surface area contributed by atoms with Crippen molar-refractivity contribution >= 4 is 11.6 Å². The van der Waals surface area contributed by atoms with Gasteiger partial charge in [0.25, 0.3) is 0 Å². The minimum absolute atomic E-state index is 0.0974. The van der Waals surface area contributed by atoms with Crippen molar-refractivity contribution in [3.05, 3.63) is 11.9 Å². The Bertz CT molecular complexity index is 355. The van der Waals surface area contributed by atoms with Gasteiger partial charge in [-0.1, -0.05) is 13.8 Å². The van der Waals surface area contributed by atoms with Crippen LogP contribution in [0.25, 0.3) is 0 Å². The molecule has 5 heteroatoms. The molecule has 0 saturated carbocycles. The lowest BCUT2D eigenvalue weighted by atomic mass is 10.1. The Morgan fingerprint density at radius 2 is 1.78 bits per heavy atom. The van der Waals surface area contributed by atoms with Crippen LogP contribution in [0.3, 0.4) is 0 Å². The summed E-state index contributed by atoms with van der Waals surface area (Å²) in [6, 6.07) is 1.87. The van der Waals surface area contributed by atoms with Gasteiger partial charge in [0.05, 0.1) is 6.61 Å². The first kappa shape index (κ1) is 14.7. The number of hydrogen-bond donors (Lipinski definition) is 3. The smallest absolute Gasteiger partial charge is 0.131 e. The Balaban J connectivity index is 2.46. The van der Waals surface area contributed by atoms with E-state index in [1.165, 1.54) is 6.42 Å². The van der Waals surface area contributed by atoms with Crippen LogP contribution in [0.1, 0.15) is 32.5 Å². The number of nitrogens with one attached hydrogen (secondary N) is 2. The van der Waals surface area contributed by atoms with Gasteiger partial charge >= 0.3 is 0 Å². The third-order valence-corrected chi connectivity index (χ3v) is 2.52. The van der Waals surface area contributed by atoms with E-state index in [0.717, 1.165) is 36.3 Å². The first-order valence-electron chi connectivity index (χ1n) is 6.56. The van der Waals surface area contributed by atoms with Gasteiger partial charge < -0.3 is 15.7 Å². The van der Waals surface area contributed by atoms with Gasteiger partial charge in [0.15, 0.2) is 0 Å². The summed E-state index contributed by atoms with van der Waals surface area (Å²) in [6.07, 6.45) is 2.35. The molecule has 102 valence electrons. The van der Waals surface area contributed by atoms with Crippen molar-refractivity contribution < 1.29 is 5.11 Å². The standard InChI is InChI=1S/C13H24N4O/c1-10(2)5-4-6-14-12-9-13(15-7-8-18)17-11(3)16-12/h9-10,18H,4-8H2,1-3H3,(H2,14,15,16,17). The van der Waals surface area contributed by atoms with Crippen molar-refractivity contribution in [2.75, 3.05) is 30.3 Å². The first-order chi connectivity index (χ1) is 8.61. The van der Waals surface area contributed by atoms with Gasteiger partial charge in [0, 0.05) is 19.2 Å². The molecule has 0 aliphatic heterocycles. The molecule has 0 radical (unpaired) electrons. The third-order valence-electron chi connectivity index (χ3n) is 2.52. The van der Waals surface area contributed by atoms with Crippen molar-refractivity contribution in [2.45, 2.75) is 33.6 Å². The van der Waals surface area contributed by atoms with Gasteiger partial charge in [-0.15, -0.1) is 0 Å². The normalized spacial score (nSPS) is 10.7. The molecule has 1 aromatic heterocycles. The summed E-state index contributed by atoms with van der Waals surface area (Å²) < 4.78 is 0. The Kier molecular flexibility index (Phi) is 6.43. The maximum absolute atomic E-state index is 8.77. The van der Waals surface area contributed by atoms with Crippen LogP contribution < -0.4 is 10.6 Å². The SMILES string of the molecule is Cc1nc(NCCO)cc(NCCCC(C)C)n1. The minimum Gasteiger partial charge on any atom is -0.395 e. The number of aryl methyl sites for hydroxylation is 1. The van der Waals surface area contributed by atoms with E-state index in [9.17, 15) is 0 Å². The monoisotopic (exact) mass is 252 g/mol. The maximum Gasteiger partial charge on any atom is 0.131 e. The molecule has 0 spiro atoms. The van der Waals surface area contributed by atoms with Crippen molar-refractivity contribution in [1.82, 2.24) is 9.97 Å². The number of anilines is 2. The highest BCUT2D eigenvalue weighted by Crippen LogP contribution is 2.11. The van der Waals surface area contributed by atoms with Crippen LogP contribution >= 0.6 is 0 Å². The Morgan fingerprint density at radius 1 is 1.17 bits per heavy atom. The Morgan fingerprint density at radius 3 is 2.33 bits per heavy atom. The van der Waals surface area contributed by atoms with Gasteiger partial charge in [-0.2, -0.15) is 0 Å². The second kappa shape index (κ2) is 7.87. The molecule has 18 heavy (non-hydrogen) atoms. The lowest BCUT2D eigenvalue weighted by Gasteiger charge is -2.10. The number of aromatic nitrogens is 2. The van der Waals surface area contributed by atoms with Crippen LogP contribution in [-0.4, -0.2) is 34.8 Å². The zero-order valence-corrected chi connectivity index (χ0v) is 11.5. The van der Waals surface area contributed by atoms with E-state index in [0.29, 0.717) is 6.54 Å². The van der Waals surface area contributed by atoms with E-state index in [-0.39, 0.29) is 6.61 Å². The second-order valence-electron chi connectivity index (χ2n) is 4.80. The molecule has 0 unspecified atom stereocenters. The average Bonchev–Trinajstić information content (AvgIpc) is 2.31. The fraction of sp³-hybridized carbons (Fsp3) is 0.692. The summed E-state index contributed by atoms with van der Waals surface area (Å²) in [5.41, 5.74) is 0. The fourth-order valence-electron chi connectivity index (χ4n) is 1.66. The van der Waals surface area contributed by atoms with E-state index in [1.54, 1.807) is 0 Å². The Hall–Kier alpha value is -1.36. The molecule has 1 rings (SSSR count). The minimum atomic E-state index is 0.0974. The molecule has 0 atom stereocenters. The van der Waals surface area contributed by atoms with Gasteiger partial charge in [0.1, 0.15) is 17.5 Å². The number of hydrogen-bond acceptors (Lipinski definition) is 5. The van der Waals surface area contributed by atoms with E-state index >= 15 is 0 Å². The number of aliphatic hydroxyl groups excluding tert-OH is 1. The fourth-order valence-corrected chi connectivity index (χ4v) is 1.66. The zero-order chi connectivity index (χ0) is 13.4. The molecular formula is C13H24N4O. The summed E-state index contributed by atoms with van der Waals surface area (Å²) in [5.74, 6) is 3.06. The highest BCUT2D eigenvalue weighted by molar-refractivity contribution is 5.47. The first-order valence-corrected chi connectivity index (χ1v) is 6.56. The lowest BCUT2D eigenvalue weighted by Crippen LogP contribution is -2.10. The number of rotatable bonds is 8.